The molecule has 0 saturated carbocycles. The highest BCUT2D eigenvalue weighted by Gasteiger charge is 2.23. The van der Waals surface area contributed by atoms with Gasteiger partial charge in [0.1, 0.15) is 12.2 Å². The van der Waals surface area contributed by atoms with Gasteiger partial charge in [-0.05, 0) is 89.8 Å². The Morgan fingerprint density at radius 2 is 0.949 bits per heavy atom. The first-order valence-electron chi connectivity index (χ1n) is 39.8. The number of rotatable bonds is 26. The molecule has 0 radical (unpaired) electrons. The van der Waals surface area contributed by atoms with E-state index in [1.165, 1.54) is 172 Å². The fraction of sp³-hybridized carbons (Fsp3) is 0.318. The number of hydrazine groups is 1. The monoisotopic (exact) mass is 2120 g/mol. The van der Waals surface area contributed by atoms with Crippen LogP contribution in [0.25, 0.3) is 19.8 Å². The van der Waals surface area contributed by atoms with Gasteiger partial charge in [-0.25, -0.2) is 55.2 Å². The average Bonchev–Trinajstić information content (AvgIpc) is 1.64. The summed E-state index contributed by atoms with van der Waals surface area (Å²) in [5, 5.41) is 27.9. The third-order valence-corrected chi connectivity index (χ3v) is 23.9. The first-order chi connectivity index (χ1) is 65.9. The Bertz CT molecular complexity index is 6690. The summed E-state index contributed by atoms with van der Waals surface area (Å²) in [5.41, 5.74) is 15.8. The molecule has 53 heteroatoms. The maximum absolute atomic E-state index is 12.6. The first-order valence-corrected chi connectivity index (χ1v) is 46.9. The summed E-state index contributed by atoms with van der Waals surface area (Å²) in [6.07, 6.45) is 9.22. The Balaban J connectivity index is 0.000000279. The van der Waals surface area contributed by atoms with Gasteiger partial charge in [-0.3, -0.25) is 80.6 Å². The number of carbonyl (C=O) groups excluding carboxylic acids is 10. The Morgan fingerprint density at radius 3 is 1.32 bits per heavy atom. The molecule has 0 spiro atoms. The maximum Gasteiger partial charge on any atom is 0.437 e. The van der Waals surface area contributed by atoms with Gasteiger partial charge in [0.2, 0.25) is 17.7 Å². The van der Waals surface area contributed by atoms with Gasteiger partial charge in [0.15, 0.2) is 30.1 Å². The molecule has 12 heterocycles. The molecular formula is C85H95BrCl2N18O26S6. The molecule has 14 rings (SSSR count). The van der Waals surface area contributed by atoms with Crippen molar-refractivity contribution in [3.05, 3.63) is 269 Å². The minimum atomic E-state index is -1.05. The lowest BCUT2D eigenvalue weighted by atomic mass is 10.1. The molecule has 2 aromatic carbocycles. The van der Waals surface area contributed by atoms with Gasteiger partial charge in [-0.1, -0.05) is 63.4 Å². The zero-order chi connectivity index (χ0) is 102. The van der Waals surface area contributed by atoms with Crippen molar-refractivity contribution in [1.29, 1.82) is 0 Å². The number of nitrogens with one attached hydrogen (secondary N) is 3. The molecule has 1 atom stereocenters. The van der Waals surface area contributed by atoms with E-state index in [2.05, 4.69) is 104 Å². The van der Waals surface area contributed by atoms with Crippen LogP contribution in [0.1, 0.15) is 105 Å². The van der Waals surface area contributed by atoms with E-state index in [4.69, 9.17) is 48.4 Å². The zero-order valence-electron chi connectivity index (χ0n) is 76.4. The molecule has 44 nitrogen and oxygen atoms in total. The smallest absolute Gasteiger partial charge is 0.437 e. The molecule has 0 fully saturated rings. The number of anilines is 2. The number of ether oxygens (including phenoxy) is 8. The normalized spacial score (nSPS) is 10.5. The largest absolute Gasteiger partial charge is 0.471 e. The fourth-order valence-corrected chi connectivity index (χ4v) is 15.8. The third-order valence-electron chi connectivity index (χ3n) is 17.5. The number of methoxy groups -OCH3 is 8. The molecule has 7 N–H and O–H groups in total. The van der Waals surface area contributed by atoms with Gasteiger partial charge in [-0.15, -0.1) is 78.2 Å². The van der Waals surface area contributed by atoms with Gasteiger partial charge in [0, 0.05) is 124 Å². The van der Waals surface area contributed by atoms with Crippen molar-refractivity contribution in [2.24, 2.45) is 11.8 Å². The molecule has 0 bridgehead atoms. The topological polar surface area (TPSA) is 591 Å². The lowest BCUT2D eigenvalue weighted by Gasteiger charge is -2.05. The highest BCUT2D eigenvalue weighted by molar-refractivity contribution is 9.09. The van der Waals surface area contributed by atoms with Crippen LogP contribution in [-0.4, -0.2) is 190 Å². The van der Waals surface area contributed by atoms with Crippen LogP contribution in [0, 0.1) is 47.5 Å². The summed E-state index contributed by atoms with van der Waals surface area (Å²) in [6, 6.07) is 15.3. The van der Waals surface area contributed by atoms with Crippen molar-refractivity contribution in [3.8, 4) is 0 Å². The van der Waals surface area contributed by atoms with E-state index in [0.717, 1.165) is 63.6 Å². The maximum atomic E-state index is 12.6. The Labute approximate surface area is 826 Å². The molecule has 0 aliphatic carbocycles. The predicted octanol–water partition coefficient (Wildman–Crippen LogP) is 8.64. The minimum absolute atomic E-state index is 0.0411. The number of nitrogens with zero attached hydrogens (tertiary/aromatic N) is 13. The van der Waals surface area contributed by atoms with Gasteiger partial charge in [0.05, 0.1) is 132 Å². The molecule has 138 heavy (non-hydrogen) atoms. The number of hydrogen-bond acceptors (Lipinski definition) is 43. The number of carbonyl (C=O) groups is 10. The molecule has 0 aliphatic heterocycles. The summed E-state index contributed by atoms with van der Waals surface area (Å²) in [6.45, 7) is 11.9. The van der Waals surface area contributed by atoms with E-state index < -0.39 is 65.1 Å². The number of amides is 1. The molecule has 12 aromatic heterocycles. The van der Waals surface area contributed by atoms with Crippen molar-refractivity contribution < 1.29 is 94.7 Å². The van der Waals surface area contributed by atoms with Crippen LogP contribution in [0.15, 0.2) is 155 Å². The fourth-order valence-electron chi connectivity index (χ4n) is 10.5. The van der Waals surface area contributed by atoms with Crippen LogP contribution >= 0.6 is 107 Å². The van der Waals surface area contributed by atoms with Gasteiger partial charge in [-0.2, -0.15) is 4.68 Å². The van der Waals surface area contributed by atoms with Crippen molar-refractivity contribution in [3.63, 3.8) is 0 Å². The number of fused-ring (bicyclic) bond motifs is 4. The van der Waals surface area contributed by atoms with Gasteiger partial charge >= 0.3 is 53.3 Å². The standard InChI is InChI=1S/C18H15ClN4O3S.C11H14N2O4S.C10H8N4O3S.C10H10N2O3S.C9H10N4O2S.C8H8BrCl.C7H10O5.C6H10O4.C4H6N2S.C2H4O2/c1-11-10-27-17-20-9-13(16(24)23(11)17)8-15-21-22(18(25)26-15)7-6-12-2-4-14(19)5-3-12;1-7-6-18-11(13-7)12-5-8(10(15)17-3)4-9(14)16-2;1-5-4-18-9-11-3-6(8(15)14(5)9)2-7-12-13-10(16)17-7;1-6-5-16-10-11-4-7(3-8(13)15-2)9(14)12(6)10;1-5-4-16-9-11-3-6(2-7(14)12-10)8(15)13(5)9;9-6-5-7-1-3-8(10)4-2-7;1-11-6(9)3-5(4-8)7(10)12-2;1-9-5(7)3-4-6(8)10-2;1-3-2-7-4(5)6-3;1-4-2-3/h2-5,9-10H,6-8H2,1H3;5-6H,4H2,1-3H3,(H,12,13);3-4H,2H2,1H3,(H,13,16);4-5H,3H2,1-2H3;3-4H,2,10H2,1H3,(H,12,14);1-4H,5-6H2;4-5H,3H2,1-2H3;3-4H2,1-2H3;2H,1H3,(H2,5,6);2H,1H3/b;8-5+;;;;;;;;. The van der Waals surface area contributed by atoms with E-state index in [-0.39, 0.29) is 91.0 Å². The summed E-state index contributed by atoms with van der Waals surface area (Å²) >= 11 is 23.4. The summed E-state index contributed by atoms with van der Waals surface area (Å²) in [4.78, 5) is 205. The van der Waals surface area contributed by atoms with Gasteiger partial charge < -0.3 is 62.6 Å². The van der Waals surface area contributed by atoms with Crippen molar-refractivity contribution in [2.75, 3.05) is 73.3 Å². The lowest BCUT2D eigenvalue weighted by Crippen LogP contribution is -2.33. The second kappa shape index (κ2) is 59.9. The SMILES string of the molecule is COC(=O)C/C(=C\Nc1nc(C)cs1)C(=O)OC.COC(=O)CC(C=O)C(=O)OC.COC(=O)CCC(=O)OC.COC(=O)Cc1cnc2scc(C)n2c1=O.COC=O.Cc1csc(N)n1.Cc1csc2ncc(CC(=O)NN)c(=O)n12.Cc1csc2ncc(Cc3n[nH]c(=O)o3)c(=O)n12.Cc1csc2ncc(Cc3nn(CCc4ccc(Cl)cc4)c(=O)o3)c(=O)n12.Clc1ccc(CCBr)cc1. The number of thiazole rings is 6. The third kappa shape index (κ3) is 37.7. The van der Waals surface area contributed by atoms with Crippen LogP contribution in [-0.2, 0) is 131 Å². The number of halogens is 3. The highest BCUT2D eigenvalue weighted by atomic mass is 79.9. The molecule has 0 aliphatic rings. The van der Waals surface area contributed by atoms with E-state index in [1.54, 1.807) is 16.5 Å². The summed E-state index contributed by atoms with van der Waals surface area (Å²) in [7, 11) is 10.0. The Morgan fingerprint density at radius 1 is 0.522 bits per heavy atom. The second-order valence-corrected chi connectivity index (χ2v) is 34.1. The van der Waals surface area contributed by atoms with Crippen molar-refractivity contribution in [2.45, 2.75) is 112 Å². The number of nitrogen functional groups attached to an aromatic ring is 1. The summed E-state index contributed by atoms with van der Waals surface area (Å²) in [5.74, 6) is -0.970. The predicted molar refractivity (Wildman–Crippen MR) is 519 cm³/mol. The molecule has 1 unspecified atom stereocenters. The molecule has 14 aromatic rings. The number of aromatic nitrogens is 14. The minimum Gasteiger partial charge on any atom is -0.471 e. The van der Waals surface area contributed by atoms with E-state index >= 15 is 0 Å². The van der Waals surface area contributed by atoms with E-state index in [0.29, 0.717) is 83.1 Å². The zero-order valence-corrected chi connectivity index (χ0v) is 84.4. The molecule has 1 amide bonds. The van der Waals surface area contributed by atoms with Crippen LogP contribution in [0.4, 0.5) is 10.3 Å². The number of aromatic amines is 1. The lowest BCUT2D eigenvalue weighted by molar-refractivity contribution is -0.153. The van der Waals surface area contributed by atoms with Crippen molar-refractivity contribution >= 4 is 198 Å². The summed E-state index contributed by atoms with van der Waals surface area (Å²) < 4.78 is 51.9. The first kappa shape index (κ1) is 115. The molecule has 738 valence electrons. The Hall–Kier alpha value is -13.8. The van der Waals surface area contributed by atoms with Crippen molar-refractivity contribution in [1.82, 2.24) is 72.9 Å². The number of esters is 7. The van der Waals surface area contributed by atoms with E-state index in [9.17, 15) is 71.9 Å². The highest BCUT2D eigenvalue weighted by Crippen LogP contribution is 2.20. The van der Waals surface area contributed by atoms with Crippen LogP contribution in [0.5, 0.6) is 0 Å². The quantitative estimate of drug-likeness (QED) is 0.00389. The second-order valence-electron chi connectivity index (χ2n) is 27.3. The Kier molecular flexibility index (Phi) is 49.8. The number of aldehydes is 1. The van der Waals surface area contributed by atoms with Crippen LogP contribution < -0.4 is 56.1 Å². The number of H-pyrrole nitrogens is 1. The molecule has 0 saturated heterocycles. The average molecular weight is 2130 g/mol. The number of alkyl halides is 1. The van der Waals surface area contributed by atoms with E-state index in [1.807, 2.05) is 116 Å². The number of hydrogen-bond donors (Lipinski definition) is 5. The number of nitrogens with two attached hydrogens (primary N) is 2. The number of aryl methyl sites for hydroxylation is 9. The number of benzene rings is 2. The van der Waals surface area contributed by atoms with Crippen LogP contribution in [0.3, 0.4) is 0 Å². The molecular weight excluding hydrogens is 2030 g/mol. The van der Waals surface area contributed by atoms with Gasteiger partial charge in [0.25, 0.3) is 28.7 Å². The van der Waals surface area contributed by atoms with Crippen LogP contribution in [0.2, 0.25) is 10.0 Å².